The Morgan fingerprint density at radius 2 is 2.11 bits per heavy atom. The number of nitrogens with zero attached hydrogens (tertiary/aromatic N) is 2. The molecule has 0 aliphatic heterocycles. The summed E-state index contributed by atoms with van der Waals surface area (Å²) in [7, 11) is 3.64. The number of hydrogen-bond acceptors (Lipinski definition) is 5. The third-order valence-corrected chi connectivity index (χ3v) is 3.69. The number of hydrogen-bond donors (Lipinski definition) is 1. The van der Waals surface area contributed by atoms with E-state index in [0.29, 0.717) is 12.0 Å². The molecule has 106 valence electrons. The Morgan fingerprint density at radius 3 is 2.79 bits per heavy atom. The average Bonchev–Trinajstić information content (AvgIpc) is 2.47. The van der Waals surface area contributed by atoms with Crippen LogP contribution in [0.2, 0.25) is 0 Å². The third kappa shape index (κ3) is 3.35. The van der Waals surface area contributed by atoms with Crippen molar-refractivity contribution in [3.8, 4) is 5.88 Å². The van der Waals surface area contributed by atoms with Gasteiger partial charge in [0.15, 0.2) is 0 Å². The van der Waals surface area contributed by atoms with E-state index in [-0.39, 0.29) is 6.10 Å². The standard InChI is InChI=1S/C14H23N3O2/c1-4-12-13(15-2)16-9-17-14(12)19-11-7-5-6-10(8-11)18-3/h9-11H,4-8H2,1-3H3,(H,15,16,17). The van der Waals surface area contributed by atoms with Gasteiger partial charge in [-0.25, -0.2) is 9.97 Å². The first-order valence-electron chi connectivity index (χ1n) is 6.99. The van der Waals surface area contributed by atoms with Gasteiger partial charge in [0, 0.05) is 20.6 Å². The van der Waals surface area contributed by atoms with Crippen molar-refractivity contribution in [2.45, 2.75) is 51.2 Å². The van der Waals surface area contributed by atoms with Crippen LogP contribution in [0.3, 0.4) is 0 Å². The van der Waals surface area contributed by atoms with E-state index in [1.54, 1.807) is 13.4 Å². The maximum absolute atomic E-state index is 6.08. The van der Waals surface area contributed by atoms with E-state index in [2.05, 4.69) is 22.2 Å². The van der Waals surface area contributed by atoms with Gasteiger partial charge in [-0.2, -0.15) is 0 Å². The second kappa shape index (κ2) is 6.70. The minimum atomic E-state index is 0.198. The highest BCUT2D eigenvalue weighted by Gasteiger charge is 2.24. The molecule has 1 saturated carbocycles. The Kier molecular flexibility index (Phi) is 4.96. The molecule has 1 N–H and O–H groups in total. The molecule has 5 nitrogen and oxygen atoms in total. The highest BCUT2D eigenvalue weighted by molar-refractivity contribution is 5.48. The van der Waals surface area contributed by atoms with Gasteiger partial charge in [-0.15, -0.1) is 0 Å². The fourth-order valence-electron chi connectivity index (χ4n) is 2.61. The maximum Gasteiger partial charge on any atom is 0.222 e. The van der Waals surface area contributed by atoms with Crippen LogP contribution in [0.25, 0.3) is 0 Å². The number of anilines is 1. The predicted octanol–water partition coefficient (Wildman–Crippen LogP) is 2.42. The van der Waals surface area contributed by atoms with Crippen molar-refractivity contribution in [3.05, 3.63) is 11.9 Å². The second-order valence-corrected chi connectivity index (χ2v) is 4.87. The van der Waals surface area contributed by atoms with Crippen LogP contribution in [0, 0.1) is 0 Å². The molecule has 2 atom stereocenters. The minimum Gasteiger partial charge on any atom is -0.474 e. The van der Waals surface area contributed by atoms with Gasteiger partial charge < -0.3 is 14.8 Å². The van der Waals surface area contributed by atoms with Crippen LogP contribution >= 0.6 is 0 Å². The van der Waals surface area contributed by atoms with E-state index < -0.39 is 0 Å². The van der Waals surface area contributed by atoms with E-state index in [0.717, 1.165) is 43.5 Å². The fraction of sp³-hybridized carbons (Fsp3) is 0.714. The Hall–Kier alpha value is -1.36. The molecule has 0 spiro atoms. The van der Waals surface area contributed by atoms with Crippen LogP contribution in [0.5, 0.6) is 5.88 Å². The van der Waals surface area contributed by atoms with Crippen LogP contribution in [-0.4, -0.2) is 36.3 Å². The first-order chi connectivity index (χ1) is 9.28. The molecule has 2 rings (SSSR count). The Labute approximate surface area is 114 Å². The molecule has 2 unspecified atom stereocenters. The first kappa shape index (κ1) is 14.1. The average molecular weight is 265 g/mol. The van der Waals surface area contributed by atoms with Gasteiger partial charge in [-0.05, 0) is 25.7 Å². The summed E-state index contributed by atoms with van der Waals surface area (Å²) in [5.41, 5.74) is 1.05. The van der Waals surface area contributed by atoms with Crippen LogP contribution in [0.15, 0.2) is 6.33 Å². The van der Waals surface area contributed by atoms with E-state index >= 15 is 0 Å². The molecule has 1 fully saturated rings. The molecule has 19 heavy (non-hydrogen) atoms. The predicted molar refractivity (Wildman–Crippen MR) is 74.6 cm³/mol. The van der Waals surface area contributed by atoms with Gasteiger partial charge in [-0.3, -0.25) is 0 Å². The lowest BCUT2D eigenvalue weighted by atomic mass is 9.95. The van der Waals surface area contributed by atoms with E-state index in [4.69, 9.17) is 9.47 Å². The number of methoxy groups -OCH3 is 1. The molecule has 1 aromatic rings. The van der Waals surface area contributed by atoms with Gasteiger partial charge >= 0.3 is 0 Å². The molecule has 0 radical (unpaired) electrons. The molecule has 1 aromatic heterocycles. The lowest BCUT2D eigenvalue weighted by Crippen LogP contribution is -2.30. The molecule has 1 heterocycles. The quantitative estimate of drug-likeness (QED) is 0.886. The van der Waals surface area contributed by atoms with Gasteiger partial charge in [0.05, 0.1) is 11.7 Å². The van der Waals surface area contributed by atoms with E-state index in [1.807, 2.05) is 7.05 Å². The minimum absolute atomic E-state index is 0.198. The topological polar surface area (TPSA) is 56.3 Å². The van der Waals surface area contributed by atoms with Crippen LogP contribution in [0.1, 0.15) is 38.2 Å². The molecule has 0 bridgehead atoms. The summed E-state index contributed by atoms with van der Waals surface area (Å²) in [6.45, 7) is 2.09. The molecule has 5 heteroatoms. The highest BCUT2D eigenvalue weighted by atomic mass is 16.5. The number of rotatable bonds is 5. The molecule has 0 aromatic carbocycles. The van der Waals surface area contributed by atoms with Crippen molar-refractivity contribution in [2.75, 3.05) is 19.5 Å². The largest absolute Gasteiger partial charge is 0.474 e. The zero-order valence-electron chi connectivity index (χ0n) is 12.0. The van der Waals surface area contributed by atoms with Gasteiger partial charge in [0.2, 0.25) is 5.88 Å². The molecule has 1 aliphatic carbocycles. The van der Waals surface area contributed by atoms with Crippen molar-refractivity contribution in [1.82, 2.24) is 9.97 Å². The molecule has 0 saturated heterocycles. The zero-order valence-corrected chi connectivity index (χ0v) is 12.0. The summed E-state index contributed by atoms with van der Waals surface area (Å²) < 4.78 is 11.5. The Bertz CT molecular complexity index is 412. The maximum atomic E-state index is 6.08. The first-order valence-corrected chi connectivity index (χ1v) is 6.99. The van der Waals surface area contributed by atoms with Crippen molar-refractivity contribution in [3.63, 3.8) is 0 Å². The van der Waals surface area contributed by atoms with Crippen molar-refractivity contribution in [2.24, 2.45) is 0 Å². The summed E-state index contributed by atoms with van der Waals surface area (Å²) >= 11 is 0. The lowest BCUT2D eigenvalue weighted by Gasteiger charge is -2.28. The Balaban J connectivity index is 2.10. The summed E-state index contributed by atoms with van der Waals surface area (Å²) in [4.78, 5) is 8.51. The smallest absolute Gasteiger partial charge is 0.222 e. The SMILES string of the molecule is CCc1c(NC)ncnc1OC1CCCC(OC)C1. The van der Waals surface area contributed by atoms with Gasteiger partial charge in [0.25, 0.3) is 0 Å². The molecular formula is C14H23N3O2. The second-order valence-electron chi connectivity index (χ2n) is 4.87. The van der Waals surface area contributed by atoms with E-state index in [1.165, 1.54) is 0 Å². The lowest BCUT2D eigenvalue weighted by molar-refractivity contribution is 0.0192. The Morgan fingerprint density at radius 1 is 1.32 bits per heavy atom. The summed E-state index contributed by atoms with van der Waals surface area (Å²) in [5, 5.41) is 3.09. The van der Waals surface area contributed by atoms with Gasteiger partial charge in [0.1, 0.15) is 18.2 Å². The number of nitrogens with one attached hydrogen (secondary N) is 1. The molecular weight excluding hydrogens is 242 g/mol. The molecule has 1 aliphatic rings. The summed E-state index contributed by atoms with van der Waals surface area (Å²) in [6, 6.07) is 0. The van der Waals surface area contributed by atoms with Crippen LogP contribution in [-0.2, 0) is 11.2 Å². The van der Waals surface area contributed by atoms with Crippen molar-refractivity contribution < 1.29 is 9.47 Å². The monoisotopic (exact) mass is 265 g/mol. The zero-order chi connectivity index (χ0) is 13.7. The normalized spacial score (nSPS) is 23.1. The fourth-order valence-corrected chi connectivity index (χ4v) is 2.61. The summed E-state index contributed by atoms with van der Waals surface area (Å²) in [5.74, 6) is 1.57. The third-order valence-electron chi connectivity index (χ3n) is 3.69. The van der Waals surface area contributed by atoms with Crippen molar-refractivity contribution >= 4 is 5.82 Å². The number of ether oxygens (including phenoxy) is 2. The summed E-state index contributed by atoms with van der Waals surface area (Å²) in [6.07, 6.45) is 7.21. The number of aromatic nitrogens is 2. The molecule has 0 amide bonds. The van der Waals surface area contributed by atoms with Gasteiger partial charge in [-0.1, -0.05) is 6.92 Å². The highest BCUT2D eigenvalue weighted by Crippen LogP contribution is 2.28. The van der Waals surface area contributed by atoms with E-state index in [9.17, 15) is 0 Å². The van der Waals surface area contributed by atoms with Crippen LogP contribution < -0.4 is 10.1 Å². The van der Waals surface area contributed by atoms with Crippen LogP contribution in [0.4, 0.5) is 5.82 Å². The van der Waals surface area contributed by atoms with Crippen molar-refractivity contribution in [1.29, 1.82) is 0 Å².